The number of ether oxygens (including phenoxy) is 6. The molecule has 3 aliphatic heterocycles. The maximum atomic E-state index is 14.5. The first kappa shape index (κ1) is 60.9. The van der Waals surface area contributed by atoms with Gasteiger partial charge >= 0.3 is 5.97 Å². The van der Waals surface area contributed by atoms with Crippen LogP contribution in [0, 0.1) is 27.9 Å². The Kier molecular flexibility index (Phi) is 23.0. The standard InChI is InChI=1S/C48H82N4O15.CH2O2/c1-14-36-48(10,59)41(55)31(6)51(21-15-20-49-37(53)23-33-16-18-34(19-17-33)52(60)61)26-27(2)24-46(8,58)43(67-45-39(54)35(50(11)12)22-28(3)63-45)29(4)40(30(5)44(57)65-36)66-38-25-47(9,62-13)42(56)32(7)64-38;2-1-3/h16-19,27-32,35-36,38-43,45,54-56,58-59H,14-15,20-26H2,1-13H3,(H,49,53);1H,(H,2,3)/t27-,28-,29+,30-,31-,32+,35+,36-,38+,39-,40+,41-,42+,43-,45+,46-,47-,48-;/m1./s1. The molecular weight excluding hydrogens is 917 g/mol. The summed E-state index contributed by atoms with van der Waals surface area (Å²) in [5, 5.41) is 80.6. The fourth-order valence-corrected chi connectivity index (χ4v) is 10.4. The number of methoxy groups -OCH3 is 1. The number of carboxylic acid groups (broad SMARTS) is 1. The number of cyclic esters (lactones) is 1. The number of non-ortho nitro benzene ring substituents is 1. The molecule has 21 nitrogen and oxygen atoms in total. The van der Waals surface area contributed by atoms with E-state index in [-0.39, 0.29) is 68.4 Å². The molecule has 18 atom stereocenters. The third-order valence-corrected chi connectivity index (χ3v) is 14.5. The summed E-state index contributed by atoms with van der Waals surface area (Å²) in [6, 6.07) is 4.72. The third-order valence-electron chi connectivity index (χ3n) is 14.5. The highest BCUT2D eigenvalue weighted by atomic mass is 16.7. The number of carbonyl (C=O) groups is 3. The van der Waals surface area contributed by atoms with Gasteiger partial charge in [0.2, 0.25) is 5.91 Å². The molecule has 21 heteroatoms. The number of likely N-dealkylation sites (N-methyl/N-ethyl adjacent to an activating group) is 1. The first-order valence-corrected chi connectivity index (χ1v) is 24.4. The summed E-state index contributed by atoms with van der Waals surface area (Å²) < 4.78 is 37.9. The zero-order valence-corrected chi connectivity index (χ0v) is 43.4. The van der Waals surface area contributed by atoms with E-state index in [9.17, 15) is 45.2 Å². The summed E-state index contributed by atoms with van der Waals surface area (Å²) in [7, 11) is 5.21. The number of carbonyl (C=O) groups excluding carboxylic acids is 2. The molecule has 3 fully saturated rings. The van der Waals surface area contributed by atoms with Crippen LogP contribution in [0.5, 0.6) is 0 Å². The summed E-state index contributed by atoms with van der Waals surface area (Å²) in [6.45, 7) is 17.9. The van der Waals surface area contributed by atoms with Crippen molar-refractivity contribution in [3.63, 3.8) is 0 Å². The van der Waals surface area contributed by atoms with E-state index in [4.69, 9.17) is 38.3 Å². The molecule has 0 unspecified atom stereocenters. The van der Waals surface area contributed by atoms with Crippen molar-refractivity contribution in [2.24, 2.45) is 17.8 Å². The average molecular weight is 1000 g/mol. The van der Waals surface area contributed by atoms with Gasteiger partial charge in [-0.05, 0) is 99.7 Å². The highest BCUT2D eigenvalue weighted by Gasteiger charge is 2.53. The van der Waals surface area contributed by atoms with Gasteiger partial charge in [0.05, 0.1) is 52.9 Å². The van der Waals surface area contributed by atoms with Crippen molar-refractivity contribution in [2.45, 2.75) is 198 Å². The van der Waals surface area contributed by atoms with Crippen molar-refractivity contribution >= 4 is 24.0 Å². The number of esters is 1. The molecule has 0 aliphatic carbocycles. The normalized spacial score (nSPS) is 39.4. The van der Waals surface area contributed by atoms with Crippen LogP contribution in [0.15, 0.2) is 24.3 Å². The van der Waals surface area contributed by atoms with E-state index in [1.54, 1.807) is 48.5 Å². The Bertz CT molecular complexity index is 1810. The summed E-state index contributed by atoms with van der Waals surface area (Å²) >= 11 is 0. The fourth-order valence-electron chi connectivity index (χ4n) is 10.4. The monoisotopic (exact) mass is 1000 g/mol. The Morgan fingerprint density at radius 2 is 1.61 bits per heavy atom. The Morgan fingerprint density at radius 1 is 1.00 bits per heavy atom. The number of hydrogen-bond acceptors (Lipinski definition) is 18. The summed E-state index contributed by atoms with van der Waals surface area (Å²) in [6.07, 6.45) is -8.86. The highest BCUT2D eigenvalue weighted by Crippen LogP contribution is 2.40. The molecule has 7 N–H and O–H groups in total. The minimum atomic E-state index is -1.95. The van der Waals surface area contributed by atoms with Crippen molar-refractivity contribution < 1.29 is 78.4 Å². The lowest BCUT2D eigenvalue weighted by molar-refractivity contribution is -0.384. The molecule has 1 aromatic rings. The van der Waals surface area contributed by atoms with E-state index < -0.39 is 101 Å². The van der Waals surface area contributed by atoms with E-state index in [1.165, 1.54) is 38.3 Å². The number of amides is 1. The average Bonchev–Trinajstić information content (AvgIpc) is 3.28. The zero-order valence-electron chi connectivity index (χ0n) is 43.4. The highest BCUT2D eigenvalue weighted by molar-refractivity contribution is 5.78. The van der Waals surface area contributed by atoms with Crippen molar-refractivity contribution in [3.05, 3.63) is 39.9 Å². The minimum Gasteiger partial charge on any atom is -0.483 e. The van der Waals surface area contributed by atoms with Gasteiger partial charge in [0.25, 0.3) is 12.2 Å². The van der Waals surface area contributed by atoms with E-state index >= 15 is 0 Å². The number of aliphatic hydroxyl groups is 5. The van der Waals surface area contributed by atoms with Crippen molar-refractivity contribution in [2.75, 3.05) is 40.8 Å². The molecule has 0 spiro atoms. The van der Waals surface area contributed by atoms with Gasteiger partial charge in [0, 0.05) is 63.3 Å². The van der Waals surface area contributed by atoms with E-state index in [2.05, 4.69) is 5.32 Å². The molecule has 70 heavy (non-hydrogen) atoms. The number of nitro benzene ring substituents is 1. The Balaban J connectivity index is 0.00000421. The van der Waals surface area contributed by atoms with Crippen LogP contribution in [0.4, 0.5) is 5.69 Å². The molecule has 3 heterocycles. The maximum absolute atomic E-state index is 14.5. The van der Waals surface area contributed by atoms with Crippen LogP contribution >= 0.6 is 0 Å². The topological polar surface area (TPSA) is 290 Å². The number of nitrogens with zero attached hydrogens (tertiary/aromatic N) is 3. The lowest BCUT2D eigenvalue weighted by Gasteiger charge is -2.48. The molecule has 0 saturated carbocycles. The number of aliphatic hydroxyl groups excluding tert-OH is 3. The molecule has 1 amide bonds. The molecule has 0 aromatic heterocycles. The van der Waals surface area contributed by atoms with Crippen LogP contribution in [0.2, 0.25) is 0 Å². The predicted octanol–water partition coefficient (Wildman–Crippen LogP) is 2.63. The molecule has 402 valence electrons. The predicted molar refractivity (Wildman–Crippen MR) is 256 cm³/mol. The van der Waals surface area contributed by atoms with E-state index in [0.29, 0.717) is 31.5 Å². The number of nitro groups is 1. The summed E-state index contributed by atoms with van der Waals surface area (Å²) in [4.78, 5) is 50.2. The maximum Gasteiger partial charge on any atom is 0.311 e. The molecular formula is C49H84N4O17. The van der Waals surface area contributed by atoms with Crippen LogP contribution in [0.1, 0.15) is 107 Å². The number of nitrogens with one attached hydrogen (secondary N) is 1. The van der Waals surface area contributed by atoms with Crippen LogP contribution in [0.3, 0.4) is 0 Å². The molecule has 0 radical (unpaired) electrons. The first-order valence-electron chi connectivity index (χ1n) is 24.4. The van der Waals surface area contributed by atoms with Gasteiger partial charge in [-0.25, -0.2) is 0 Å². The lowest BCUT2D eigenvalue weighted by atomic mass is 9.77. The Morgan fingerprint density at radius 3 is 2.17 bits per heavy atom. The van der Waals surface area contributed by atoms with Crippen molar-refractivity contribution in [1.82, 2.24) is 15.1 Å². The Labute approximate surface area is 413 Å². The summed E-state index contributed by atoms with van der Waals surface area (Å²) in [5.74, 6) is -3.25. The second-order valence-corrected chi connectivity index (χ2v) is 20.6. The quantitative estimate of drug-likeness (QED) is 0.0464. The zero-order chi connectivity index (χ0) is 53.1. The van der Waals surface area contributed by atoms with Gasteiger partial charge in [-0.1, -0.05) is 32.9 Å². The number of hydrogen-bond donors (Lipinski definition) is 7. The largest absolute Gasteiger partial charge is 0.483 e. The Hall–Kier alpha value is -3.45. The molecule has 1 aromatic carbocycles. The second kappa shape index (κ2) is 26.5. The van der Waals surface area contributed by atoms with Crippen LogP contribution in [0.25, 0.3) is 0 Å². The van der Waals surface area contributed by atoms with Gasteiger partial charge in [0.15, 0.2) is 12.6 Å². The summed E-state index contributed by atoms with van der Waals surface area (Å²) in [5.41, 5.74) is -4.16. The van der Waals surface area contributed by atoms with Gasteiger partial charge in [-0.3, -0.25) is 29.4 Å². The molecule has 3 saturated heterocycles. The number of rotatable bonds is 14. The van der Waals surface area contributed by atoms with Crippen LogP contribution in [-0.4, -0.2) is 195 Å². The van der Waals surface area contributed by atoms with Crippen LogP contribution in [-0.2, 0) is 49.2 Å². The SMILES string of the molecule is CC[C@H]1OC(=O)[C@H](C)[C@@H](O[C@H]2C[C@@](C)(OC)[C@@H](O)[C@H](C)O2)[C@H](C)[C@@H](O[C@@H]2O[C@H](C)C[C@H](N(C)C)[C@H]2O)[C@](C)(O)C[C@@H](C)CN(CCCNC(=O)Cc2ccc([N+](=O)[O-])cc2)[C@H](C)[C@@H](O)[C@]1(C)O.O=CO. The molecule has 4 rings (SSSR count). The third kappa shape index (κ3) is 15.8. The van der Waals surface area contributed by atoms with Crippen molar-refractivity contribution in [3.8, 4) is 0 Å². The first-order chi connectivity index (χ1) is 32.6. The van der Waals surface area contributed by atoms with E-state index in [0.717, 1.165) is 0 Å². The smallest absolute Gasteiger partial charge is 0.311 e. The molecule has 3 aliphatic rings. The van der Waals surface area contributed by atoms with Gasteiger partial charge in [-0.15, -0.1) is 0 Å². The number of benzene rings is 1. The van der Waals surface area contributed by atoms with Crippen molar-refractivity contribution in [1.29, 1.82) is 0 Å². The fraction of sp³-hybridized carbons (Fsp3) is 0.816. The van der Waals surface area contributed by atoms with Gasteiger partial charge < -0.3 is 69.3 Å². The van der Waals surface area contributed by atoms with Crippen LogP contribution < -0.4 is 5.32 Å². The minimum absolute atomic E-state index is 0.0230. The van der Waals surface area contributed by atoms with Gasteiger partial charge in [-0.2, -0.15) is 0 Å². The van der Waals surface area contributed by atoms with Gasteiger partial charge in [0.1, 0.15) is 30.0 Å². The van der Waals surface area contributed by atoms with E-state index in [1.807, 2.05) is 37.7 Å². The molecule has 0 bridgehead atoms. The second-order valence-electron chi connectivity index (χ2n) is 20.6. The lowest BCUT2D eigenvalue weighted by Crippen LogP contribution is -2.60.